The van der Waals surface area contributed by atoms with Crippen molar-refractivity contribution in [3.05, 3.63) is 89.1 Å². The molecular formula is C21H16ClN3O. The number of nitrogens with zero attached hydrogens (tertiary/aromatic N) is 2. The van der Waals surface area contributed by atoms with Crippen LogP contribution in [0.1, 0.15) is 15.9 Å². The zero-order valence-electron chi connectivity index (χ0n) is 14.1. The van der Waals surface area contributed by atoms with E-state index in [4.69, 9.17) is 11.6 Å². The summed E-state index contributed by atoms with van der Waals surface area (Å²) < 4.78 is 1.80. The lowest BCUT2D eigenvalue weighted by Gasteiger charge is -2.08. The molecule has 1 N–H and O–H groups in total. The Hall–Kier alpha value is -3.11. The normalized spacial score (nSPS) is 10.8. The van der Waals surface area contributed by atoms with E-state index in [0.717, 1.165) is 11.1 Å². The molecule has 0 unspecified atom stereocenters. The highest BCUT2D eigenvalue weighted by Crippen LogP contribution is 2.30. The highest BCUT2D eigenvalue weighted by Gasteiger charge is 2.17. The van der Waals surface area contributed by atoms with Crippen molar-refractivity contribution >= 4 is 29.0 Å². The Bertz CT molecular complexity index is 1090. The minimum Gasteiger partial charge on any atom is -0.306 e. The van der Waals surface area contributed by atoms with E-state index in [2.05, 4.69) is 10.3 Å². The monoisotopic (exact) mass is 361 g/mol. The van der Waals surface area contributed by atoms with E-state index in [9.17, 15) is 4.79 Å². The van der Waals surface area contributed by atoms with Gasteiger partial charge in [-0.1, -0.05) is 59.6 Å². The topological polar surface area (TPSA) is 46.4 Å². The van der Waals surface area contributed by atoms with E-state index in [0.29, 0.717) is 27.7 Å². The lowest BCUT2D eigenvalue weighted by Crippen LogP contribution is -2.14. The summed E-state index contributed by atoms with van der Waals surface area (Å²) in [5.74, 6) is 0.406. The Balaban J connectivity index is 1.83. The van der Waals surface area contributed by atoms with Gasteiger partial charge in [0.2, 0.25) is 0 Å². The van der Waals surface area contributed by atoms with Gasteiger partial charge in [0.1, 0.15) is 17.2 Å². The number of aromatic nitrogens is 2. The number of rotatable bonds is 3. The fourth-order valence-corrected chi connectivity index (χ4v) is 2.98. The van der Waals surface area contributed by atoms with Gasteiger partial charge in [0.25, 0.3) is 5.91 Å². The molecule has 0 saturated carbocycles. The first-order valence-corrected chi connectivity index (χ1v) is 8.61. The van der Waals surface area contributed by atoms with Crippen LogP contribution in [-0.4, -0.2) is 15.3 Å². The van der Waals surface area contributed by atoms with Crippen molar-refractivity contribution in [3.8, 4) is 11.3 Å². The first-order valence-electron chi connectivity index (χ1n) is 8.23. The van der Waals surface area contributed by atoms with Crippen molar-refractivity contribution in [3.63, 3.8) is 0 Å². The summed E-state index contributed by atoms with van der Waals surface area (Å²) in [4.78, 5) is 17.4. The Labute approximate surface area is 156 Å². The number of amides is 1. The summed E-state index contributed by atoms with van der Waals surface area (Å²) in [6, 6.07) is 20.8. The molecule has 0 saturated heterocycles. The van der Waals surface area contributed by atoms with Crippen molar-refractivity contribution < 1.29 is 4.79 Å². The summed E-state index contributed by atoms with van der Waals surface area (Å²) in [6.45, 7) is 1.99. The molecule has 0 bridgehead atoms. The van der Waals surface area contributed by atoms with Crippen molar-refractivity contribution in [2.24, 2.45) is 0 Å². The van der Waals surface area contributed by atoms with E-state index < -0.39 is 0 Å². The molecule has 5 heteroatoms. The third-order valence-corrected chi connectivity index (χ3v) is 4.40. The molecule has 0 radical (unpaired) electrons. The maximum Gasteiger partial charge on any atom is 0.256 e. The first kappa shape index (κ1) is 16.4. The number of imidazole rings is 1. The summed E-state index contributed by atoms with van der Waals surface area (Å²) >= 11 is 6.16. The standard InChI is InChI=1S/C21H16ClN3O/c1-14-7-9-16(10-8-14)21(26)24-20-19(15-5-3-2-4-6-15)23-18-12-11-17(22)13-25(18)20/h2-13H,1H3,(H,24,26). The number of aryl methyl sites for hydroxylation is 1. The number of nitrogens with one attached hydrogen (secondary N) is 1. The Morgan fingerprint density at radius 3 is 2.46 bits per heavy atom. The average Bonchev–Trinajstić information content (AvgIpc) is 3.01. The molecule has 2 heterocycles. The lowest BCUT2D eigenvalue weighted by molar-refractivity contribution is 0.102. The first-order chi connectivity index (χ1) is 12.6. The van der Waals surface area contributed by atoms with Crippen LogP contribution in [0.4, 0.5) is 5.82 Å². The summed E-state index contributed by atoms with van der Waals surface area (Å²) in [5, 5.41) is 3.57. The molecule has 0 aliphatic rings. The van der Waals surface area contributed by atoms with Crippen LogP contribution in [0.2, 0.25) is 5.02 Å². The van der Waals surface area contributed by atoms with Crippen LogP contribution in [0, 0.1) is 6.92 Å². The minimum absolute atomic E-state index is 0.191. The van der Waals surface area contributed by atoms with Crippen LogP contribution in [0.3, 0.4) is 0 Å². The van der Waals surface area contributed by atoms with E-state index in [1.807, 2.05) is 67.6 Å². The maximum absolute atomic E-state index is 12.8. The van der Waals surface area contributed by atoms with Gasteiger partial charge in [-0.25, -0.2) is 4.98 Å². The molecule has 4 aromatic rings. The number of benzene rings is 2. The highest BCUT2D eigenvalue weighted by molar-refractivity contribution is 6.30. The van der Waals surface area contributed by atoms with Crippen LogP contribution in [0.25, 0.3) is 16.9 Å². The fourth-order valence-electron chi connectivity index (χ4n) is 2.82. The Morgan fingerprint density at radius 2 is 1.73 bits per heavy atom. The van der Waals surface area contributed by atoms with Gasteiger partial charge in [-0.15, -0.1) is 0 Å². The highest BCUT2D eigenvalue weighted by atomic mass is 35.5. The smallest absolute Gasteiger partial charge is 0.256 e. The number of hydrogen-bond acceptors (Lipinski definition) is 2. The molecule has 0 aliphatic heterocycles. The van der Waals surface area contributed by atoms with Crippen molar-refractivity contribution in [1.82, 2.24) is 9.38 Å². The van der Waals surface area contributed by atoms with E-state index in [-0.39, 0.29) is 5.91 Å². The van der Waals surface area contributed by atoms with Gasteiger partial charge in [0, 0.05) is 17.3 Å². The lowest BCUT2D eigenvalue weighted by atomic mass is 10.1. The third-order valence-electron chi connectivity index (χ3n) is 4.18. The molecule has 128 valence electrons. The number of carbonyl (C=O) groups excluding carboxylic acids is 1. The third kappa shape index (κ3) is 3.07. The van der Waals surface area contributed by atoms with Gasteiger partial charge in [-0.3, -0.25) is 9.20 Å². The maximum atomic E-state index is 12.8. The van der Waals surface area contributed by atoms with Crippen molar-refractivity contribution in [1.29, 1.82) is 0 Å². The fraction of sp³-hybridized carbons (Fsp3) is 0.0476. The molecular weight excluding hydrogens is 346 g/mol. The minimum atomic E-state index is -0.191. The predicted molar refractivity (Wildman–Crippen MR) is 105 cm³/mol. The van der Waals surface area contributed by atoms with E-state index in [1.54, 1.807) is 16.7 Å². The number of pyridine rings is 1. The van der Waals surface area contributed by atoms with Crippen molar-refractivity contribution in [2.75, 3.05) is 5.32 Å². The van der Waals surface area contributed by atoms with Gasteiger partial charge in [0.05, 0.1) is 5.02 Å². The number of carbonyl (C=O) groups is 1. The molecule has 2 aromatic heterocycles. The summed E-state index contributed by atoms with van der Waals surface area (Å²) in [5.41, 5.74) is 4.03. The summed E-state index contributed by atoms with van der Waals surface area (Å²) in [6.07, 6.45) is 1.75. The van der Waals surface area contributed by atoms with Crippen molar-refractivity contribution in [2.45, 2.75) is 6.92 Å². The van der Waals surface area contributed by atoms with Crippen LogP contribution >= 0.6 is 11.6 Å². The van der Waals surface area contributed by atoms with Gasteiger partial charge in [-0.2, -0.15) is 0 Å². The molecule has 0 aliphatic carbocycles. The number of fused-ring (bicyclic) bond motifs is 1. The molecule has 0 fully saturated rings. The van der Waals surface area contributed by atoms with Gasteiger partial charge < -0.3 is 5.32 Å². The Kier molecular flexibility index (Phi) is 4.19. The Morgan fingerprint density at radius 1 is 1.00 bits per heavy atom. The van der Waals surface area contributed by atoms with Crippen LogP contribution in [-0.2, 0) is 0 Å². The second kappa shape index (κ2) is 6.65. The average molecular weight is 362 g/mol. The quantitative estimate of drug-likeness (QED) is 0.544. The number of halogens is 1. The zero-order chi connectivity index (χ0) is 18.1. The van der Waals surface area contributed by atoms with Gasteiger partial charge in [0.15, 0.2) is 0 Å². The van der Waals surface area contributed by atoms with Crippen LogP contribution < -0.4 is 5.32 Å². The van der Waals surface area contributed by atoms with E-state index in [1.165, 1.54) is 0 Å². The number of hydrogen-bond donors (Lipinski definition) is 1. The number of anilines is 1. The summed E-state index contributed by atoms with van der Waals surface area (Å²) in [7, 11) is 0. The van der Waals surface area contributed by atoms with Gasteiger partial charge in [-0.05, 0) is 31.2 Å². The second-order valence-electron chi connectivity index (χ2n) is 6.07. The largest absolute Gasteiger partial charge is 0.306 e. The molecule has 2 aromatic carbocycles. The molecule has 26 heavy (non-hydrogen) atoms. The predicted octanol–water partition coefficient (Wildman–Crippen LogP) is 5.22. The zero-order valence-corrected chi connectivity index (χ0v) is 14.9. The van der Waals surface area contributed by atoms with E-state index >= 15 is 0 Å². The molecule has 1 amide bonds. The van der Waals surface area contributed by atoms with Crippen LogP contribution in [0.15, 0.2) is 72.9 Å². The molecule has 4 nitrogen and oxygen atoms in total. The molecule has 0 spiro atoms. The molecule has 0 atom stereocenters. The van der Waals surface area contributed by atoms with Crippen LogP contribution in [0.5, 0.6) is 0 Å². The molecule has 4 rings (SSSR count). The van der Waals surface area contributed by atoms with Gasteiger partial charge >= 0.3 is 0 Å². The SMILES string of the molecule is Cc1ccc(C(=O)Nc2c(-c3ccccc3)nc3ccc(Cl)cn23)cc1. The second-order valence-corrected chi connectivity index (χ2v) is 6.51.